The van der Waals surface area contributed by atoms with Gasteiger partial charge in [-0.25, -0.2) is 0 Å². The number of halogens is 3. The molecule has 0 saturated heterocycles. The van der Waals surface area contributed by atoms with E-state index in [-0.39, 0.29) is 0 Å². The predicted molar refractivity (Wildman–Crippen MR) is 91.0 cm³/mol. The predicted octanol–water partition coefficient (Wildman–Crippen LogP) is 2.40. The molecule has 2 aromatic rings. The van der Waals surface area contributed by atoms with Gasteiger partial charge < -0.3 is 0 Å². The van der Waals surface area contributed by atoms with E-state index in [2.05, 4.69) is 0 Å². The molecule has 8 heteroatoms. The number of carbonyl (C=O) groups is 2. The summed E-state index contributed by atoms with van der Waals surface area (Å²) >= 11 is -0.562. The molecular weight excluding hydrogens is 414 g/mol. The number of rotatable bonds is 6. The van der Waals surface area contributed by atoms with Gasteiger partial charge in [0.2, 0.25) is 0 Å². The average molecular weight is 430 g/mol. The third kappa shape index (κ3) is 5.34. The van der Waals surface area contributed by atoms with Crippen molar-refractivity contribution in [3.05, 3.63) is 66.2 Å². The standard InChI is InChI=1S/C18H16F3NO3Se/c1-25-16(23)15(26-13-10-6-3-7-11-13)14(12-8-4-2-5-9-12)22-17(24)18(19,20)21/h2-11,14-15H,1H3,(H,22,24)/t14-,15?/m0/s1. The SMILES string of the molecule is COC(=O)C([Se]c1ccccc1)[C@@H](NC(=O)C(F)(F)F)c1ccccc1. The Balaban J connectivity index is 2.40. The van der Waals surface area contributed by atoms with Crippen molar-refractivity contribution in [1.29, 1.82) is 0 Å². The summed E-state index contributed by atoms with van der Waals surface area (Å²) < 4.78 is 43.9. The Morgan fingerprint density at radius 2 is 1.54 bits per heavy atom. The molecule has 0 fully saturated rings. The van der Waals surface area contributed by atoms with Gasteiger partial charge in [0.1, 0.15) is 0 Å². The number of nitrogens with one attached hydrogen (secondary N) is 1. The van der Waals surface area contributed by atoms with E-state index in [4.69, 9.17) is 4.74 Å². The van der Waals surface area contributed by atoms with Crippen LogP contribution >= 0.6 is 0 Å². The third-order valence-corrected chi connectivity index (χ3v) is 6.09. The first-order valence-corrected chi connectivity index (χ1v) is 9.39. The van der Waals surface area contributed by atoms with Gasteiger partial charge in [-0.3, -0.25) is 0 Å². The van der Waals surface area contributed by atoms with Crippen molar-refractivity contribution in [2.24, 2.45) is 0 Å². The number of amides is 1. The Kier molecular flexibility index (Phi) is 6.83. The monoisotopic (exact) mass is 431 g/mol. The van der Waals surface area contributed by atoms with E-state index in [0.717, 1.165) is 4.46 Å². The quantitative estimate of drug-likeness (QED) is 0.566. The molecule has 0 aromatic heterocycles. The Bertz CT molecular complexity index is 738. The van der Waals surface area contributed by atoms with Crippen molar-refractivity contribution in [3.63, 3.8) is 0 Å². The zero-order valence-electron chi connectivity index (χ0n) is 13.7. The Hall–Kier alpha value is -2.31. The second-order valence-corrected chi connectivity index (χ2v) is 7.78. The first-order valence-electron chi connectivity index (χ1n) is 7.55. The zero-order chi connectivity index (χ0) is 19.2. The van der Waals surface area contributed by atoms with Gasteiger partial charge in [-0.2, -0.15) is 0 Å². The van der Waals surface area contributed by atoms with Crippen molar-refractivity contribution in [2.75, 3.05) is 7.11 Å². The summed E-state index contributed by atoms with van der Waals surface area (Å²) in [6.45, 7) is 0. The van der Waals surface area contributed by atoms with Crippen LogP contribution < -0.4 is 9.78 Å². The molecule has 2 atom stereocenters. The molecule has 0 aliphatic carbocycles. The minimum atomic E-state index is -5.05. The summed E-state index contributed by atoms with van der Waals surface area (Å²) in [6, 6.07) is 15.8. The van der Waals surface area contributed by atoms with Gasteiger partial charge in [-0.1, -0.05) is 0 Å². The van der Waals surface area contributed by atoms with Gasteiger partial charge in [0.05, 0.1) is 0 Å². The molecular formula is C18H16F3NO3Se. The van der Waals surface area contributed by atoms with Crippen molar-refractivity contribution in [1.82, 2.24) is 5.32 Å². The van der Waals surface area contributed by atoms with Crippen LogP contribution in [0.4, 0.5) is 13.2 Å². The number of carbonyl (C=O) groups excluding carboxylic acids is 2. The number of hydrogen-bond acceptors (Lipinski definition) is 3. The zero-order valence-corrected chi connectivity index (χ0v) is 15.4. The number of ether oxygens (including phenoxy) is 1. The molecule has 0 aliphatic rings. The molecule has 138 valence electrons. The van der Waals surface area contributed by atoms with Crippen LogP contribution in [0.15, 0.2) is 60.7 Å². The molecule has 1 amide bonds. The molecule has 0 spiro atoms. The van der Waals surface area contributed by atoms with E-state index in [0.29, 0.717) is 5.56 Å². The molecule has 1 unspecified atom stereocenters. The fourth-order valence-electron chi connectivity index (χ4n) is 2.23. The van der Waals surface area contributed by atoms with E-state index >= 15 is 0 Å². The van der Waals surface area contributed by atoms with Gasteiger partial charge in [0.15, 0.2) is 0 Å². The molecule has 4 nitrogen and oxygen atoms in total. The minimum absolute atomic E-state index is 0.401. The summed E-state index contributed by atoms with van der Waals surface area (Å²) in [6.07, 6.45) is -5.05. The number of methoxy groups -OCH3 is 1. The summed E-state index contributed by atoms with van der Waals surface area (Å²) in [5.41, 5.74) is 0.401. The molecule has 0 heterocycles. The van der Waals surface area contributed by atoms with E-state index in [1.807, 2.05) is 5.32 Å². The van der Waals surface area contributed by atoms with Crippen LogP contribution in [0.5, 0.6) is 0 Å². The Morgan fingerprint density at radius 3 is 2.04 bits per heavy atom. The van der Waals surface area contributed by atoms with Crippen molar-refractivity contribution in [3.8, 4) is 0 Å². The van der Waals surface area contributed by atoms with Gasteiger partial charge in [0, 0.05) is 0 Å². The molecule has 26 heavy (non-hydrogen) atoms. The van der Waals surface area contributed by atoms with Crippen molar-refractivity contribution >= 4 is 31.3 Å². The summed E-state index contributed by atoms with van der Waals surface area (Å²) in [4.78, 5) is 22.9. The maximum atomic E-state index is 12.8. The van der Waals surface area contributed by atoms with Crippen LogP contribution in [-0.4, -0.2) is 40.1 Å². The Morgan fingerprint density at radius 1 is 1.00 bits per heavy atom. The van der Waals surface area contributed by atoms with Crippen LogP contribution in [0.25, 0.3) is 0 Å². The third-order valence-electron chi connectivity index (χ3n) is 3.45. The van der Waals surface area contributed by atoms with E-state index < -0.39 is 43.9 Å². The first-order chi connectivity index (χ1) is 12.3. The molecule has 0 aliphatic heterocycles. The van der Waals surface area contributed by atoms with Crippen molar-refractivity contribution < 1.29 is 27.5 Å². The summed E-state index contributed by atoms with van der Waals surface area (Å²) in [5, 5.41) is 1.96. The number of esters is 1. The van der Waals surface area contributed by atoms with Gasteiger partial charge in [-0.15, -0.1) is 0 Å². The summed E-state index contributed by atoms with van der Waals surface area (Å²) in [5.74, 6) is -2.77. The van der Waals surface area contributed by atoms with Crippen LogP contribution in [0.3, 0.4) is 0 Å². The summed E-state index contributed by atoms with van der Waals surface area (Å²) in [7, 11) is 1.17. The molecule has 0 saturated carbocycles. The van der Waals surface area contributed by atoms with Gasteiger partial charge >= 0.3 is 154 Å². The molecule has 0 radical (unpaired) electrons. The molecule has 2 rings (SSSR count). The normalized spacial score (nSPS) is 13.5. The second-order valence-electron chi connectivity index (χ2n) is 5.23. The van der Waals surface area contributed by atoms with E-state index in [9.17, 15) is 22.8 Å². The average Bonchev–Trinajstić information content (AvgIpc) is 2.64. The number of alkyl halides is 3. The van der Waals surface area contributed by atoms with Crippen LogP contribution in [0.1, 0.15) is 11.6 Å². The number of hydrogen-bond donors (Lipinski definition) is 1. The first kappa shape index (κ1) is 20.0. The van der Waals surface area contributed by atoms with Crippen LogP contribution in [-0.2, 0) is 14.3 Å². The fraction of sp³-hybridized carbons (Fsp3) is 0.222. The van der Waals surface area contributed by atoms with Crippen LogP contribution in [0.2, 0.25) is 4.82 Å². The van der Waals surface area contributed by atoms with Gasteiger partial charge in [0.25, 0.3) is 0 Å². The Labute approximate surface area is 154 Å². The molecule has 2 aromatic carbocycles. The molecule has 0 bridgehead atoms. The van der Waals surface area contributed by atoms with Crippen molar-refractivity contribution in [2.45, 2.75) is 17.0 Å². The molecule has 1 N–H and O–H groups in total. The van der Waals surface area contributed by atoms with Crippen LogP contribution in [0, 0.1) is 0 Å². The fourth-order valence-corrected chi connectivity index (χ4v) is 4.67. The topological polar surface area (TPSA) is 55.4 Å². The van der Waals surface area contributed by atoms with E-state index in [1.165, 1.54) is 7.11 Å². The van der Waals surface area contributed by atoms with Gasteiger partial charge in [-0.05, 0) is 0 Å². The second kappa shape index (κ2) is 8.87. The number of benzene rings is 2. The van der Waals surface area contributed by atoms with E-state index in [1.54, 1.807) is 60.7 Å². The maximum absolute atomic E-state index is 12.8.